The molecule has 0 spiro atoms. The fraction of sp³-hybridized carbons (Fsp3) is 0.300. The smallest absolute Gasteiger partial charge is 0.236 e. The summed E-state index contributed by atoms with van der Waals surface area (Å²) in [6, 6.07) is 7.02. The van der Waals surface area contributed by atoms with E-state index in [-0.39, 0.29) is 5.75 Å². The van der Waals surface area contributed by atoms with Gasteiger partial charge in [-0.1, -0.05) is 12.1 Å². The van der Waals surface area contributed by atoms with Gasteiger partial charge in [0.1, 0.15) is 6.61 Å². The van der Waals surface area contributed by atoms with E-state index >= 15 is 0 Å². The first-order chi connectivity index (χ1) is 7.54. The summed E-state index contributed by atoms with van der Waals surface area (Å²) in [5.41, 5.74) is 1.42. The normalized spacial score (nSPS) is 15.7. The quantitative estimate of drug-likeness (QED) is 0.774. The monoisotopic (exact) mass is 259 g/mol. The lowest BCUT2D eigenvalue weighted by molar-refractivity contribution is 0.348. The molecule has 1 aromatic carbocycles. The van der Waals surface area contributed by atoms with Crippen LogP contribution < -0.4 is 0 Å². The van der Waals surface area contributed by atoms with Gasteiger partial charge in [-0.2, -0.15) is 0 Å². The molecule has 1 aliphatic heterocycles. The topological polar surface area (TPSA) is 55.7 Å². The van der Waals surface area contributed by atoms with Crippen molar-refractivity contribution in [2.75, 3.05) is 13.2 Å². The van der Waals surface area contributed by atoms with E-state index in [0.717, 1.165) is 5.56 Å². The molecule has 0 bridgehead atoms. The zero-order valence-corrected chi connectivity index (χ0v) is 9.96. The molecule has 0 radical (unpaired) electrons. The number of hydrogen-bond acceptors (Lipinski definition) is 4. The van der Waals surface area contributed by atoms with Gasteiger partial charge in [0.25, 0.3) is 0 Å². The molecule has 0 aromatic heterocycles. The fourth-order valence-electron chi connectivity index (χ4n) is 1.50. The number of halogens is 1. The Hall–Kier alpha value is -1.07. The Morgan fingerprint density at radius 2 is 2.25 bits per heavy atom. The minimum absolute atomic E-state index is 0.185. The van der Waals surface area contributed by atoms with Crippen molar-refractivity contribution in [3.63, 3.8) is 0 Å². The summed E-state index contributed by atoms with van der Waals surface area (Å²) < 4.78 is 27.2. The third kappa shape index (κ3) is 2.96. The SMILES string of the molecule is O=S(=O)(Cl)Cc1cccc(C2=NCCO2)c1. The summed E-state index contributed by atoms with van der Waals surface area (Å²) in [4.78, 5) is 4.16. The molecule has 0 saturated carbocycles. The molecular formula is C10H10ClNO3S. The zero-order chi connectivity index (χ0) is 11.6. The van der Waals surface area contributed by atoms with Crippen molar-refractivity contribution >= 4 is 25.6 Å². The predicted octanol–water partition coefficient (Wildman–Crippen LogP) is 1.53. The van der Waals surface area contributed by atoms with E-state index in [9.17, 15) is 8.42 Å². The standard InChI is InChI=1S/C10H10ClNO3S/c11-16(13,14)7-8-2-1-3-9(6-8)10-12-4-5-15-10/h1-3,6H,4-5,7H2. The van der Waals surface area contributed by atoms with Gasteiger partial charge in [0.2, 0.25) is 14.9 Å². The Kier molecular flexibility index (Phi) is 3.16. The maximum Gasteiger partial charge on any atom is 0.236 e. The third-order valence-corrected chi connectivity index (χ3v) is 3.10. The largest absolute Gasteiger partial charge is 0.476 e. The van der Waals surface area contributed by atoms with E-state index < -0.39 is 9.05 Å². The van der Waals surface area contributed by atoms with Crippen molar-refractivity contribution in [2.24, 2.45) is 4.99 Å². The van der Waals surface area contributed by atoms with Crippen molar-refractivity contribution < 1.29 is 13.2 Å². The molecule has 4 nitrogen and oxygen atoms in total. The Morgan fingerprint density at radius 3 is 2.88 bits per heavy atom. The Labute approximate surface area is 98.3 Å². The van der Waals surface area contributed by atoms with Crippen molar-refractivity contribution in [1.29, 1.82) is 0 Å². The molecule has 0 fully saturated rings. The lowest BCUT2D eigenvalue weighted by Crippen LogP contribution is -2.03. The van der Waals surface area contributed by atoms with Gasteiger partial charge in [0, 0.05) is 16.2 Å². The van der Waals surface area contributed by atoms with E-state index in [1.54, 1.807) is 18.2 Å². The van der Waals surface area contributed by atoms with Gasteiger partial charge in [-0.25, -0.2) is 13.4 Å². The molecule has 0 aliphatic carbocycles. The summed E-state index contributed by atoms with van der Waals surface area (Å²) >= 11 is 0. The van der Waals surface area contributed by atoms with Gasteiger partial charge in [-0.05, 0) is 17.7 Å². The first kappa shape index (κ1) is 11.4. The molecule has 1 aliphatic rings. The molecule has 1 aromatic rings. The second kappa shape index (κ2) is 4.43. The Balaban J connectivity index is 2.26. The van der Waals surface area contributed by atoms with Crippen LogP contribution in [-0.2, 0) is 19.5 Å². The Bertz CT molecular complexity index is 525. The van der Waals surface area contributed by atoms with Crippen LogP contribution in [0.25, 0.3) is 0 Å². The zero-order valence-electron chi connectivity index (χ0n) is 8.39. The lowest BCUT2D eigenvalue weighted by Gasteiger charge is -2.03. The number of nitrogens with zero attached hydrogens (tertiary/aromatic N) is 1. The van der Waals surface area contributed by atoms with Gasteiger partial charge in [-0.3, -0.25) is 0 Å². The molecule has 0 atom stereocenters. The van der Waals surface area contributed by atoms with E-state index in [1.807, 2.05) is 6.07 Å². The van der Waals surface area contributed by atoms with Crippen LogP contribution in [0.15, 0.2) is 29.3 Å². The minimum atomic E-state index is -3.53. The molecule has 2 rings (SSSR count). The molecule has 0 saturated heterocycles. The van der Waals surface area contributed by atoms with Crippen molar-refractivity contribution in [2.45, 2.75) is 5.75 Å². The van der Waals surface area contributed by atoms with E-state index in [1.165, 1.54) is 0 Å². The highest BCUT2D eigenvalue weighted by Gasteiger charge is 2.12. The van der Waals surface area contributed by atoms with Gasteiger partial charge in [0.15, 0.2) is 0 Å². The summed E-state index contributed by atoms with van der Waals surface area (Å²) in [6.45, 7) is 1.22. The maximum absolute atomic E-state index is 10.9. The number of benzene rings is 1. The molecular weight excluding hydrogens is 250 g/mol. The number of aliphatic imine (C=N–C) groups is 1. The van der Waals surface area contributed by atoms with Gasteiger partial charge >= 0.3 is 0 Å². The van der Waals surface area contributed by atoms with Crippen LogP contribution in [0.5, 0.6) is 0 Å². The molecule has 6 heteroatoms. The first-order valence-corrected chi connectivity index (χ1v) is 7.21. The number of ether oxygens (including phenoxy) is 1. The molecule has 0 N–H and O–H groups in total. The third-order valence-electron chi connectivity index (χ3n) is 2.10. The van der Waals surface area contributed by atoms with Crippen LogP contribution in [0.2, 0.25) is 0 Å². The average Bonchev–Trinajstić information content (AvgIpc) is 2.68. The van der Waals surface area contributed by atoms with Crippen LogP contribution in [0, 0.1) is 0 Å². The average molecular weight is 260 g/mol. The minimum Gasteiger partial charge on any atom is -0.476 e. The maximum atomic E-state index is 10.9. The fourth-order valence-corrected chi connectivity index (χ4v) is 2.46. The van der Waals surface area contributed by atoms with Gasteiger partial charge < -0.3 is 4.74 Å². The van der Waals surface area contributed by atoms with Crippen LogP contribution >= 0.6 is 10.7 Å². The summed E-state index contributed by atoms with van der Waals surface area (Å²) in [5, 5.41) is 0. The highest BCUT2D eigenvalue weighted by molar-refractivity contribution is 8.13. The summed E-state index contributed by atoms with van der Waals surface area (Å²) in [6.07, 6.45) is 0. The van der Waals surface area contributed by atoms with Crippen molar-refractivity contribution in [1.82, 2.24) is 0 Å². The van der Waals surface area contributed by atoms with Crippen LogP contribution in [0.4, 0.5) is 0 Å². The van der Waals surface area contributed by atoms with Gasteiger partial charge in [-0.15, -0.1) is 0 Å². The number of rotatable bonds is 3. The lowest BCUT2D eigenvalue weighted by atomic mass is 10.1. The van der Waals surface area contributed by atoms with E-state index in [2.05, 4.69) is 4.99 Å². The van der Waals surface area contributed by atoms with E-state index in [0.29, 0.717) is 24.6 Å². The van der Waals surface area contributed by atoms with Gasteiger partial charge in [0.05, 0.1) is 12.3 Å². The molecule has 0 unspecified atom stereocenters. The van der Waals surface area contributed by atoms with Crippen molar-refractivity contribution in [3.8, 4) is 0 Å². The van der Waals surface area contributed by atoms with Crippen LogP contribution in [-0.4, -0.2) is 27.5 Å². The second-order valence-corrected chi connectivity index (χ2v) is 6.20. The van der Waals surface area contributed by atoms with E-state index in [4.69, 9.17) is 15.4 Å². The summed E-state index contributed by atoms with van der Waals surface area (Å²) in [5.74, 6) is 0.379. The highest BCUT2D eigenvalue weighted by atomic mass is 35.7. The highest BCUT2D eigenvalue weighted by Crippen LogP contribution is 2.14. The second-order valence-electron chi connectivity index (χ2n) is 3.42. The number of hydrogen-bond donors (Lipinski definition) is 0. The molecule has 86 valence electrons. The van der Waals surface area contributed by atoms with Crippen LogP contribution in [0.1, 0.15) is 11.1 Å². The molecule has 16 heavy (non-hydrogen) atoms. The van der Waals surface area contributed by atoms with Crippen LogP contribution in [0.3, 0.4) is 0 Å². The summed E-state index contributed by atoms with van der Waals surface area (Å²) in [7, 11) is 1.66. The Morgan fingerprint density at radius 1 is 1.44 bits per heavy atom. The molecule has 0 amide bonds. The first-order valence-electron chi connectivity index (χ1n) is 4.73. The molecule has 1 heterocycles. The van der Waals surface area contributed by atoms with Crippen molar-refractivity contribution in [3.05, 3.63) is 35.4 Å². The predicted molar refractivity (Wildman–Crippen MR) is 62.3 cm³/mol.